The van der Waals surface area contributed by atoms with Crippen LogP contribution in [0.25, 0.3) is 22.1 Å². The molecule has 4 aromatic heterocycles. The lowest BCUT2D eigenvalue weighted by molar-refractivity contribution is 0.225. The molecular formula is C19H16N6OS. The summed E-state index contributed by atoms with van der Waals surface area (Å²) in [5.74, 6) is 1.49. The van der Waals surface area contributed by atoms with Crippen LogP contribution in [0.15, 0.2) is 54.7 Å². The number of hydrogen-bond acceptors (Lipinski definition) is 6. The quantitative estimate of drug-likeness (QED) is 0.475. The third-order valence-corrected chi connectivity index (χ3v) is 5.39. The Bertz CT molecular complexity index is 1240. The van der Waals surface area contributed by atoms with Crippen LogP contribution >= 0.6 is 11.3 Å². The maximum absolute atomic E-state index is 5.99. The van der Waals surface area contributed by atoms with Gasteiger partial charge in [-0.1, -0.05) is 35.6 Å². The highest BCUT2D eigenvalue weighted by Gasteiger charge is 2.21. The van der Waals surface area contributed by atoms with E-state index in [1.807, 2.05) is 73.0 Å². The van der Waals surface area contributed by atoms with Crippen molar-refractivity contribution in [2.24, 2.45) is 0 Å². The first-order valence-corrected chi connectivity index (χ1v) is 9.40. The third kappa shape index (κ3) is 2.65. The van der Waals surface area contributed by atoms with Gasteiger partial charge in [0.05, 0.1) is 5.69 Å². The van der Waals surface area contributed by atoms with Gasteiger partial charge in [0.2, 0.25) is 10.8 Å². The zero-order chi connectivity index (χ0) is 18.4. The highest BCUT2D eigenvalue weighted by molar-refractivity contribution is 7.16. The van der Waals surface area contributed by atoms with Gasteiger partial charge in [0.15, 0.2) is 5.01 Å². The Morgan fingerprint density at radius 1 is 1.04 bits per heavy atom. The average molecular weight is 376 g/mol. The summed E-state index contributed by atoms with van der Waals surface area (Å²) in [5.41, 5.74) is 2.66. The van der Waals surface area contributed by atoms with Crippen LogP contribution in [0, 0.1) is 6.92 Å². The Morgan fingerprint density at radius 2 is 1.85 bits per heavy atom. The number of aryl methyl sites for hydroxylation is 1. The molecule has 5 aromatic rings. The minimum atomic E-state index is -0.185. The summed E-state index contributed by atoms with van der Waals surface area (Å²) < 4.78 is 9.77. The summed E-state index contributed by atoms with van der Waals surface area (Å²) in [7, 11) is 0. The number of pyridine rings is 1. The zero-order valence-corrected chi connectivity index (χ0v) is 15.6. The number of hydrogen-bond donors (Lipinski definition) is 0. The van der Waals surface area contributed by atoms with E-state index in [0.29, 0.717) is 5.82 Å². The van der Waals surface area contributed by atoms with Crippen molar-refractivity contribution < 1.29 is 4.74 Å². The van der Waals surface area contributed by atoms with Crippen LogP contribution in [0.2, 0.25) is 0 Å². The molecule has 4 heterocycles. The highest BCUT2D eigenvalue weighted by atomic mass is 32.1. The molecule has 8 heteroatoms. The van der Waals surface area contributed by atoms with Crippen molar-refractivity contribution in [1.82, 2.24) is 29.2 Å². The predicted molar refractivity (Wildman–Crippen MR) is 103 cm³/mol. The van der Waals surface area contributed by atoms with Crippen LogP contribution in [-0.2, 0) is 0 Å². The molecular weight excluding hydrogens is 360 g/mol. The first-order chi connectivity index (χ1) is 13.2. The summed E-state index contributed by atoms with van der Waals surface area (Å²) >= 11 is 1.48. The van der Waals surface area contributed by atoms with Gasteiger partial charge in [-0.25, -0.2) is 4.98 Å². The van der Waals surface area contributed by atoms with Crippen LogP contribution in [0.1, 0.15) is 23.7 Å². The van der Waals surface area contributed by atoms with Crippen LogP contribution in [0.4, 0.5) is 0 Å². The molecule has 134 valence electrons. The summed E-state index contributed by atoms with van der Waals surface area (Å²) in [6.07, 6.45) is 1.79. The minimum absolute atomic E-state index is 0.185. The number of nitrogens with zero attached hydrogens (tertiary/aromatic N) is 6. The fraction of sp³-hybridized carbons (Fsp3) is 0.158. The van der Waals surface area contributed by atoms with E-state index in [9.17, 15) is 0 Å². The van der Waals surface area contributed by atoms with Crippen molar-refractivity contribution in [3.8, 4) is 17.3 Å². The van der Waals surface area contributed by atoms with Gasteiger partial charge >= 0.3 is 0 Å². The summed E-state index contributed by atoms with van der Waals surface area (Å²) in [5, 5.41) is 14.2. The summed E-state index contributed by atoms with van der Waals surface area (Å²) in [6.45, 7) is 3.95. The Kier molecular flexibility index (Phi) is 3.64. The van der Waals surface area contributed by atoms with Crippen LogP contribution in [0.3, 0.4) is 0 Å². The molecule has 5 rings (SSSR count). The van der Waals surface area contributed by atoms with E-state index in [1.54, 1.807) is 4.52 Å². The fourth-order valence-electron chi connectivity index (χ4n) is 3.08. The molecule has 0 N–H and O–H groups in total. The molecule has 1 unspecified atom stereocenters. The van der Waals surface area contributed by atoms with Gasteiger partial charge in [0.1, 0.15) is 23.2 Å². The Morgan fingerprint density at radius 3 is 2.70 bits per heavy atom. The molecule has 1 aromatic carbocycles. The number of ether oxygens (including phenoxy) is 1. The van der Waals surface area contributed by atoms with Crippen LogP contribution in [-0.4, -0.2) is 29.2 Å². The topological polar surface area (TPSA) is 69.6 Å². The number of imidazole rings is 1. The normalized spacial score (nSPS) is 12.7. The number of fused-ring (bicyclic) bond motifs is 2. The van der Waals surface area contributed by atoms with Crippen molar-refractivity contribution in [2.75, 3.05) is 0 Å². The average Bonchev–Trinajstić information content (AvgIpc) is 3.34. The number of rotatable bonds is 4. The summed E-state index contributed by atoms with van der Waals surface area (Å²) in [6, 6.07) is 15.6. The first-order valence-electron chi connectivity index (χ1n) is 8.58. The fourth-order valence-corrected chi connectivity index (χ4v) is 3.90. The van der Waals surface area contributed by atoms with E-state index in [4.69, 9.17) is 9.84 Å². The molecule has 0 fully saturated rings. The molecule has 0 aliphatic carbocycles. The molecule has 0 bridgehead atoms. The minimum Gasteiger partial charge on any atom is -0.483 e. The van der Waals surface area contributed by atoms with Crippen LogP contribution in [0.5, 0.6) is 5.75 Å². The molecule has 0 radical (unpaired) electrons. The Hall–Kier alpha value is -3.26. The Labute approximate surface area is 158 Å². The smallest absolute Gasteiger partial charge is 0.235 e. The van der Waals surface area contributed by atoms with Crippen LogP contribution < -0.4 is 4.74 Å². The van der Waals surface area contributed by atoms with Gasteiger partial charge in [0, 0.05) is 6.20 Å². The van der Waals surface area contributed by atoms with E-state index in [1.165, 1.54) is 11.3 Å². The van der Waals surface area contributed by atoms with Crippen molar-refractivity contribution in [1.29, 1.82) is 0 Å². The van der Waals surface area contributed by atoms with Gasteiger partial charge in [-0.2, -0.15) is 9.61 Å². The van der Waals surface area contributed by atoms with Crippen molar-refractivity contribution in [3.63, 3.8) is 0 Å². The second kappa shape index (κ2) is 6.17. The molecule has 1 atom stereocenters. The lowest BCUT2D eigenvalue weighted by Gasteiger charge is -2.11. The number of aromatic nitrogens is 6. The molecule has 7 nitrogen and oxygen atoms in total. The zero-order valence-electron chi connectivity index (χ0n) is 14.8. The van der Waals surface area contributed by atoms with Crippen molar-refractivity contribution in [2.45, 2.75) is 20.0 Å². The van der Waals surface area contributed by atoms with E-state index < -0.39 is 0 Å². The first kappa shape index (κ1) is 16.0. The molecule has 0 amide bonds. The van der Waals surface area contributed by atoms with Gasteiger partial charge in [0.25, 0.3) is 0 Å². The third-order valence-electron chi connectivity index (χ3n) is 4.33. The largest absolute Gasteiger partial charge is 0.483 e. The van der Waals surface area contributed by atoms with Crippen molar-refractivity contribution in [3.05, 3.63) is 65.4 Å². The maximum atomic E-state index is 5.99. The monoisotopic (exact) mass is 376 g/mol. The number of benzene rings is 1. The molecule has 27 heavy (non-hydrogen) atoms. The van der Waals surface area contributed by atoms with E-state index in [0.717, 1.165) is 32.8 Å². The Balaban J connectivity index is 1.56. The predicted octanol–water partition coefficient (Wildman–Crippen LogP) is 3.95. The number of para-hydroxylation sites is 1. The van der Waals surface area contributed by atoms with Gasteiger partial charge in [-0.15, -0.1) is 10.2 Å². The second-order valence-corrected chi connectivity index (χ2v) is 7.19. The van der Waals surface area contributed by atoms with Gasteiger partial charge in [-0.05, 0) is 38.1 Å². The lowest BCUT2D eigenvalue weighted by Crippen LogP contribution is -2.04. The van der Waals surface area contributed by atoms with Gasteiger partial charge < -0.3 is 4.74 Å². The molecule has 0 aliphatic rings. The highest BCUT2D eigenvalue weighted by Crippen LogP contribution is 2.29. The van der Waals surface area contributed by atoms with E-state index in [2.05, 4.69) is 15.2 Å². The maximum Gasteiger partial charge on any atom is 0.235 e. The van der Waals surface area contributed by atoms with E-state index >= 15 is 0 Å². The second-order valence-electron chi connectivity index (χ2n) is 6.21. The standard InChI is InChI=1S/C19H16N6OS/c1-12-16(24-11-7-6-10-15(24)20-12)17-21-22-19-25(17)23-18(27-19)13(2)26-14-8-4-3-5-9-14/h3-11,13H,1-2H3. The molecule has 0 saturated carbocycles. The van der Waals surface area contributed by atoms with Crippen molar-refractivity contribution >= 4 is 21.9 Å². The summed E-state index contributed by atoms with van der Waals surface area (Å²) in [4.78, 5) is 5.34. The molecule has 0 saturated heterocycles. The van der Waals surface area contributed by atoms with Gasteiger partial charge in [-0.3, -0.25) is 4.40 Å². The van der Waals surface area contributed by atoms with E-state index in [-0.39, 0.29) is 6.10 Å². The molecule has 0 spiro atoms. The molecule has 0 aliphatic heterocycles. The SMILES string of the molecule is Cc1nc2ccccn2c1-c1nnc2sc(C(C)Oc3ccccc3)nn12. The lowest BCUT2D eigenvalue weighted by atomic mass is 10.3.